The quantitative estimate of drug-likeness (QED) is 0.657. The monoisotopic (exact) mass is 366 g/mol. The van der Waals surface area contributed by atoms with E-state index >= 15 is 0 Å². The van der Waals surface area contributed by atoms with Gasteiger partial charge in [-0.05, 0) is 48.5 Å². The van der Waals surface area contributed by atoms with E-state index in [1.54, 1.807) is 48.5 Å². The van der Waals surface area contributed by atoms with Gasteiger partial charge in [-0.2, -0.15) is 0 Å². The Morgan fingerprint density at radius 3 is 1.96 bits per heavy atom. The molecular formula is C20H15ClN2O3. The first-order valence-electron chi connectivity index (χ1n) is 7.81. The standard InChI is InChI=1S/C20H15ClN2O3/c21-17-8-4-5-9-18(17)23-20(25)19(24)22-14-10-12-16(13-11-14)26-15-6-2-1-3-7-15/h1-13H,(H,22,24)(H,23,25). The van der Waals surface area contributed by atoms with Gasteiger partial charge >= 0.3 is 11.8 Å². The van der Waals surface area contributed by atoms with E-state index in [0.29, 0.717) is 27.9 Å². The minimum atomic E-state index is -0.803. The highest BCUT2D eigenvalue weighted by molar-refractivity contribution is 6.44. The zero-order chi connectivity index (χ0) is 18.4. The molecule has 0 aliphatic rings. The van der Waals surface area contributed by atoms with Crippen molar-refractivity contribution in [3.05, 3.63) is 83.9 Å². The lowest BCUT2D eigenvalue weighted by atomic mass is 10.3. The van der Waals surface area contributed by atoms with Crippen LogP contribution in [0.15, 0.2) is 78.9 Å². The Bertz CT molecular complexity index is 912. The van der Waals surface area contributed by atoms with Crippen LogP contribution in [0.3, 0.4) is 0 Å². The minimum Gasteiger partial charge on any atom is -0.457 e. The summed E-state index contributed by atoms with van der Waals surface area (Å²) in [4.78, 5) is 24.0. The van der Waals surface area contributed by atoms with Gasteiger partial charge in [0.15, 0.2) is 0 Å². The van der Waals surface area contributed by atoms with Crippen molar-refractivity contribution in [2.75, 3.05) is 10.6 Å². The van der Waals surface area contributed by atoms with Gasteiger partial charge in [-0.25, -0.2) is 0 Å². The molecule has 0 heterocycles. The van der Waals surface area contributed by atoms with Crippen LogP contribution in [0, 0.1) is 0 Å². The maximum absolute atomic E-state index is 12.0. The zero-order valence-electron chi connectivity index (χ0n) is 13.6. The van der Waals surface area contributed by atoms with E-state index < -0.39 is 11.8 Å². The van der Waals surface area contributed by atoms with Gasteiger partial charge in [0.25, 0.3) is 0 Å². The highest BCUT2D eigenvalue weighted by Crippen LogP contribution is 2.23. The van der Waals surface area contributed by atoms with Crippen molar-refractivity contribution in [3.8, 4) is 11.5 Å². The Kier molecular flexibility index (Phi) is 5.51. The second-order valence-electron chi connectivity index (χ2n) is 5.33. The summed E-state index contributed by atoms with van der Waals surface area (Å²) in [5.74, 6) is -0.262. The molecule has 26 heavy (non-hydrogen) atoms. The van der Waals surface area contributed by atoms with E-state index in [0.717, 1.165) is 0 Å². The number of benzene rings is 3. The third-order valence-corrected chi connectivity index (χ3v) is 3.75. The van der Waals surface area contributed by atoms with Crippen molar-refractivity contribution >= 4 is 34.8 Å². The van der Waals surface area contributed by atoms with Crippen LogP contribution in [-0.4, -0.2) is 11.8 Å². The Morgan fingerprint density at radius 1 is 0.692 bits per heavy atom. The first-order valence-corrected chi connectivity index (χ1v) is 8.19. The van der Waals surface area contributed by atoms with Crippen LogP contribution in [0.2, 0.25) is 5.02 Å². The van der Waals surface area contributed by atoms with Gasteiger partial charge < -0.3 is 15.4 Å². The molecule has 2 amide bonds. The van der Waals surface area contributed by atoms with Gasteiger partial charge in [-0.1, -0.05) is 41.9 Å². The van der Waals surface area contributed by atoms with Crippen molar-refractivity contribution in [2.45, 2.75) is 0 Å². The van der Waals surface area contributed by atoms with Crippen LogP contribution in [0.25, 0.3) is 0 Å². The lowest BCUT2D eigenvalue weighted by Crippen LogP contribution is -2.29. The molecule has 0 saturated carbocycles. The predicted molar refractivity (Wildman–Crippen MR) is 102 cm³/mol. The van der Waals surface area contributed by atoms with Crippen LogP contribution in [0.4, 0.5) is 11.4 Å². The fourth-order valence-corrected chi connectivity index (χ4v) is 2.34. The van der Waals surface area contributed by atoms with E-state index in [9.17, 15) is 9.59 Å². The van der Waals surface area contributed by atoms with Crippen molar-refractivity contribution in [2.24, 2.45) is 0 Å². The second kappa shape index (κ2) is 8.18. The van der Waals surface area contributed by atoms with Crippen LogP contribution in [0.1, 0.15) is 0 Å². The summed E-state index contributed by atoms with van der Waals surface area (Å²) in [7, 11) is 0. The Labute approximate surface area is 155 Å². The molecule has 0 aliphatic heterocycles. The summed E-state index contributed by atoms with van der Waals surface area (Å²) < 4.78 is 5.67. The lowest BCUT2D eigenvalue weighted by Gasteiger charge is -2.09. The average molecular weight is 367 g/mol. The number of nitrogens with one attached hydrogen (secondary N) is 2. The third-order valence-electron chi connectivity index (χ3n) is 3.42. The van der Waals surface area contributed by atoms with Crippen molar-refractivity contribution < 1.29 is 14.3 Å². The molecule has 0 radical (unpaired) electrons. The molecule has 0 fully saturated rings. The maximum atomic E-state index is 12.0. The molecule has 0 aliphatic carbocycles. The number of rotatable bonds is 4. The summed E-state index contributed by atoms with van der Waals surface area (Å²) in [5.41, 5.74) is 0.852. The summed E-state index contributed by atoms with van der Waals surface area (Å²) in [6.07, 6.45) is 0. The van der Waals surface area contributed by atoms with Crippen LogP contribution >= 0.6 is 11.6 Å². The van der Waals surface area contributed by atoms with Gasteiger partial charge in [-0.3, -0.25) is 9.59 Å². The van der Waals surface area contributed by atoms with Crippen LogP contribution < -0.4 is 15.4 Å². The molecule has 5 nitrogen and oxygen atoms in total. The molecule has 0 saturated heterocycles. The van der Waals surface area contributed by atoms with Gasteiger partial charge in [0.1, 0.15) is 11.5 Å². The molecule has 3 rings (SSSR count). The van der Waals surface area contributed by atoms with E-state index in [2.05, 4.69) is 10.6 Å². The number of hydrogen-bond donors (Lipinski definition) is 2. The fraction of sp³-hybridized carbons (Fsp3) is 0. The Hall–Kier alpha value is -3.31. The van der Waals surface area contributed by atoms with Gasteiger partial charge in [-0.15, -0.1) is 0 Å². The third kappa shape index (κ3) is 4.62. The maximum Gasteiger partial charge on any atom is 0.314 e. The number of hydrogen-bond acceptors (Lipinski definition) is 3. The van der Waals surface area contributed by atoms with E-state index in [-0.39, 0.29) is 0 Å². The molecule has 2 N–H and O–H groups in total. The SMILES string of the molecule is O=C(Nc1ccc(Oc2ccccc2)cc1)C(=O)Nc1ccccc1Cl. The normalized spacial score (nSPS) is 10.0. The molecule has 6 heteroatoms. The van der Waals surface area contributed by atoms with E-state index in [4.69, 9.17) is 16.3 Å². The number of carbonyl (C=O) groups excluding carboxylic acids is 2. The van der Waals surface area contributed by atoms with E-state index in [1.807, 2.05) is 30.3 Å². The Balaban J connectivity index is 1.59. The lowest BCUT2D eigenvalue weighted by molar-refractivity contribution is -0.132. The number of halogens is 1. The molecule has 0 bridgehead atoms. The zero-order valence-corrected chi connectivity index (χ0v) is 14.4. The first-order chi connectivity index (χ1) is 12.6. The molecule has 0 aromatic heterocycles. The number of amides is 2. The van der Waals surface area contributed by atoms with Crippen LogP contribution in [-0.2, 0) is 9.59 Å². The van der Waals surface area contributed by atoms with Gasteiger partial charge in [0.2, 0.25) is 0 Å². The van der Waals surface area contributed by atoms with E-state index in [1.165, 1.54) is 0 Å². The number of ether oxygens (including phenoxy) is 1. The smallest absolute Gasteiger partial charge is 0.314 e. The van der Waals surface area contributed by atoms with Gasteiger partial charge in [0.05, 0.1) is 10.7 Å². The topological polar surface area (TPSA) is 67.4 Å². The average Bonchev–Trinajstić information content (AvgIpc) is 2.66. The molecule has 0 spiro atoms. The number of para-hydroxylation sites is 2. The highest BCUT2D eigenvalue weighted by Gasteiger charge is 2.15. The Morgan fingerprint density at radius 2 is 1.27 bits per heavy atom. The van der Waals surface area contributed by atoms with Crippen LogP contribution in [0.5, 0.6) is 11.5 Å². The summed E-state index contributed by atoms with van der Waals surface area (Å²) in [6.45, 7) is 0. The molecule has 3 aromatic carbocycles. The van der Waals surface area contributed by atoms with Crippen molar-refractivity contribution in [1.29, 1.82) is 0 Å². The van der Waals surface area contributed by atoms with Gasteiger partial charge in [0, 0.05) is 5.69 Å². The molecule has 0 unspecified atom stereocenters. The van der Waals surface area contributed by atoms with Crippen molar-refractivity contribution in [3.63, 3.8) is 0 Å². The molecule has 130 valence electrons. The molecule has 0 atom stereocenters. The second-order valence-corrected chi connectivity index (χ2v) is 5.73. The largest absolute Gasteiger partial charge is 0.457 e. The summed E-state index contributed by atoms with van der Waals surface area (Å²) in [6, 6.07) is 22.7. The number of carbonyl (C=O) groups is 2. The molecule has 3 aromatic rings. The summed E-state index contributed by atoms with van der Waals surface area (Å²) >= 11 is 5.96. The molecular weight excluding hydrogens is 352 g/mol. The number of anilines is 2. The summed E-state index contributed by atoms with van der Waals surface area (Å²) in [5, 5.41) is 5.35. The predicted octanol–water partition coefficient (Wildman–Crippen LogP) is 4.71. The first kappa shape index (κ1) is 17.5. The van der Waals surface area contributed by atoms with Crippen molar-refractivity contribution in [1.82, 2.24) is 0 Å². The highest BCUT2D eigenvalue weighted by atomic mass is 35.5. The minimum absolute atomic E-state index is 0.357. The fourth-order valence-electron chi connectivity index (χ4n) is 2.16.